The molecule has 3 aromatic rings. The maximum atomic E-state index is 12.5. The van der Waals surface area contributed by atoms with Crippen molar-refractivity contribution in [3.8, 4) is 0 Å². The maximum Gasteiger partial charge on any atom is 0.261 e. The number of fused-ring (bicyclic) bond motifs is 1. The summed E-state index contributed by atoms with van der Waals surface area (Å²) in [6.45, 7) is 3.64. The van der Waals surface area contributed by atoms with Crippen LogP contribution in [0.15, 0.2) is 84.9 Å². The normalized spacial score (nSPS) is 16.6. The molecule has 5 rings (SSSR count). The topological polar surface area (TPSA) is 49.9 Å². The number of benzene rings is 3. The number of ether oxygens (including phenoxy) is 1. The van der Waals surface area contributed by atoms with E-state index in [2.05, 4.69) is 53.4 Å². The molecule has 0 unspecified atom stereocenters. The second kappa shape index (κ2) is 11.6. The molecule has 1 fully saturated rings. The molecule has 3 aromatic carbocycles. The van der Waals surface area contributed by atoms with Gasteiger partial charge in [0.25, 0.3) is 11.8 Å². The fourth-order valence-electron chi connectivity index (χ4n) is 5.29. The molecule has 5 nitrogen and oxygen atoms in total. The molecule has 0 spiro atoms. The summed E-state index contributed by atoms with van der Waals surface area (Å²) < 4.78 is 6.66. The summed E-state index contributed by atoms with van der Waals surface area (Å²) in [5, 5.41) is 0. The molecule has 186 valence electrons. The molecule has 2 aliphatic rings. The summed E-state index contributed by atoms with van der Waals surface area (Å²) in [7, 11) is 0. The molecule has 0 aromatic heterocycles. The highest BCUT2D eigenvalue weighted by Gasteiger charge is 2.34. The van der Waals surface area contributed by atoms with Gasteiger partial charge in [0.1, 0.15) is 6.10 Å². The zero-order valence-electron chi connectivity index (χ0n) is 20.7. The second-order valence-electron chi connectivity index (χ2n) is 9.75. The molecule has 2 aliphatic heterocycles. The number of nitrogens with zero attached hydrogens (tertiary/aromatic N) is 2. The number of amides is 2. The van der Waals surface area contributed by atoms with E-state index in [1.165, 1.54) is 16.0 Å². The molecular weight excluding hydrogens is 448 g/mol. The highest BCUT2D eigenvalue weighted by atomic mass is 16.5. The van der Waals surface area contributed by atoms with Crippen molar-refractivity contribution in [2.24, 2.45) is 0 Å². The van der Waals surface area contributed by atoms with Crippen LogP contribution in [-0.2, 0) is 4.74 Å². The van der Waals surface area contributed by atoms with Crippen LogP contribution in [0.25, 0.3) is 0 Å². The first-order valence-electron chi connectivity index (χ1n) is 13.1. The maximum absolute atomic E-state index is 12.5. The van der Waals surface area contributed by atoms with Crippen molar-refractivity contribution < 1.29 is 14.3 Å². The van der Waals surface area contributed by atoms with Gasteiger partial charge in [0, 0.05) is 19.6 Å². The zero-order chi connectivity index (χ0) is 24.7. The molecule has 1 saturated heterocycles. The molecule has 0 N–H and O–H groups in total. The predicted molar refractivity (Wildman–Crippen MR) is 141 cm³/mol. The standard InChI is InChI=1S/C31H34N2O3/c34-30-27-16-8-9-17-28(27)31(35)33(30)21-11-3-10-20-32-22-18-26(19-23-32)36-29(24-12-4-1-5-13-24)25-14-6-2-7-15-25/h1-2,4-9,12-17,26,29H,3,10-11,18-23H2. The van der Waals surface area contributed by atoms with Crippen LogP contribution in [-0.4, -0.2) is 53.9 Å². The lowest BCUT2D eigenvalue weighted by Crippen LogP contribution is -2.38. The van der Waals surface area contributed by atoms with Crippen molar-refractivity contribution in [2.45, 2.75) is 44.3 Å². The van der Waals surface area contributed by atoms with Crippen molar-refractivity contribution >= 4 is 11.8 Å². The number of carbonyl (C=O) groups is 2. The van der Waals surface area contributed by atoms with Gasteiger partial charge >= 0.3 is 0 Å². The number of hydrogen-bond donors (Lipinski definition) is 0. The quantitative estimate of drug-likeness (QED) is 0.274. The zero-order valence-corrected chi connectivity index (χ0v) is 20.7. The van der Waals surface area contributed by atoms with Crippen LogP contribution < -0.4 is 0 Å². The predicted octanol–water partition coefficient (Wildman–Crippen LogP) is 5.72. The van der Waals surface area contributed by atoms with Gasteiger partial charge in [-0.3, -0.25) is 14.5 Å². The summed E-state index contributed by atoms with van der Waals surface area (Å²) in [6.07, 6.45) is 5.21. The van der Waals surface area contributed by atoms with Crippen molar-refractivity contribution in [2.75, 3.05) is 26.2 Å². The van der Waals surface area contributed by atoms with E-state index in [0.29, 0.717) is 17.7 Å². The van der Waals surface area contributed by atoms with Gasteiger partial charge < -0.3 is 9.64 Å². The Morgan fingerprint density at radius 2 is 1.17 bits per heavy atom. The average molecular weight is 483 g/mol. The van der Waals surface area contributed by atoms with Gasteiger partial charge in [0.15, 0.2) is 0 Å². The van der Waals surface area contributed by atoms with E-state index in [9.17, 15) is 9.59 Å². The fourth-order valence-corrected chi connectivity index (χ4v) is 5.29. The van der Waals surface area contributed by atoms with E-state index in [1.807, 2.05) is 24.3 Å². The molecular formula is C31H34N2O3. The third kappa shape index (κ3) is 5.58. The summed E-state index contributed by atoms with van der Waals surface area (Å²) in [5.41, 5.74) is 3.47. The number of unbranched alkanes of at least 4 members (excludes halogenated alkanes) is 2. The van der Waals surface area contributed by atoms with Gasteiger partial charge in [-0.25, -0.2) is 0 Å². The first kappa shape index (κ1) is 24.4. The van der Waals surface area contributed by atoms with Crippen LogP contribution in [0.2, 0.25) is 0 Å². The van der Waals surface area contributed by atoms with Gasteiger partial charge in [-0.05, 0) is 55.5 Å². The molecule has 2 heterocycles. The van der Waals surface area contributed by atoms with Crippen LogP contribution in [0.5, 0.6) is 0 Å². The van der Waals surface area contributed by atoms with Crippen LogP contribution >= 0.6 is 0 Å². The van der Waals surface area contributed by atoms with E-state index >= 15 is 0 Å². The van der Waals surface area contributed by atoms with E-state index in [-0.39, 0.29) is 24.0 Å². The Morgan fingerprint density at radius 3 is 1.72 bits per heavy atom. The summed E-state index contributed by atoms with van der Waals surface area (Å²) in [6, 6.07) is 28.1. The number of likely N-dealkylation sites (tertiary alicyclic amines) is 1. The van der Waals surface area contributed by atoms with Crippen LogP contribution in [0.1, 0.15) is 70.1 Å². The minimum absolute atomic E-state index is 0.0360. The Labute approximate surface area is 213 Å². The third-order valence-corrected chi connectivity index (χ3v) is 7.30. The highest BCUT2D eigenvalue weighted by Crippen LogP contribution is 2.30. The SMILES string of the molecule is O=C1c2ccccc2C(=O)N1CCCCCN1CCC(OC(c2ccccc2)c2ccccc2)CC1. The van der Waals surface area contributed by atoms with E-state index in [4.69, 9.17) is 4.74 Å². The monoisotopic (exact) mass is 482 g/mol. The summed E-state index contributed by atoms with van der Waals surface area (Å²) in [4.78, 5) is 28.9. The largest absolute Gasteiger partial charge is 0.365 e. The fraction of sp³-hybridized carbons (Fsp3) is 0.355. The number of rotatable bonds is 10. The van der Waals surface area contributed by atoms with Crippen LogP contribution in [0, 0.1) is 0 Å². The molecule has 0 aliphatic carbocycles. The lowest BCUT2D eigenvalue weighted by atomic mass is 10.00. The van der Waals surface area contributed by atoms with Crippen molar-refractivity contribution in [3.63, 3.8) is 0 Å². The molecule has 0 radical (unpaired) electrons. The molecule has 0 bridgehead atoms. The van der Waals surface area contributed by atoms with Gasteiger partial charge in [-0.2, -0.15) is 0 Å². The first-order chi connectivity index (χ1) is 17.7. The number of imide groups is 1. The Balaban J connectivity index is 1.04. The molecule has 2 amide bonds. The average Bonchev–Trinajstić information content (AvgIpc) is 3.18. The third-order valence-electron chi connectivity index (χ3n) is 7.30. The first-order valence-corrected chi connectivity index (χ1v) is 13.1. The molecule has 0 atom stereocenters. The highest BCUT2D eigenvalue weighted by molar-refractivity contribution is 6.21. The number of carbonyl (C=O) groups excluding carboxylic acids is 2. The molecule has 5 heteroatoms. The van der Waals surface area contributed by atoms with Gasteiger partial charge in [0.05, 0.1) is 17.2 Å². The number of piperidine rings is 1. The minimum atomic E-state index is -0.151. The van der Waals surface area contributed by atoms with Gasteiger partial charge in [0.2, 0.25) is 0 Å². The van der Waals surface area contributed by atoms with E-state index in [0.717, 1.165) is 51.7 Å². The van der Waals surface area contributed by atoms with Crippen LogP contribution in [0.4, 0.5) is 0 Å². The van der Waals surface area contributed by atoms with E-state index in [1.54, 1.807) is 12.1 Å². The number of hydrogen-bond acceptors (Lipinski definition) is 4. The Morgan fingerprint density at radius 1 is 0.667 bits per heavy atom. The smallest absolute Gasteiger partial charge is 0.261 e. The minimum Gasteiger partial charge on any atom is -0.365 e. The second-order valence-corrected chi connectivity index (χ2v) is 9.75. The van der Waals surface area contributed by atoms with Crippen molar-refractivity contribution in [1.29, 1.82) is 0 Å². The lowest BCUT2D eigenvalue weighted by Gasteiger charge is -2.34. The van der Waals surface area contributed by atoms with Gasteiger partial charge in [-0.1, -0.05) is 79.2 Å². The van der Waals surface area contributed by atoms with E-state index < -0.39 is 0 Å². The Hall–Kier alpha value is -3.28. The molecule has 36 heavy (non-hydrogen) atoms. The van der Waals surface area contributed by atoms with Crippen LogP contribution in [0.3, 0.4) is 0 Å². The van der Waals surface area contributed by atoms with Crippen molar-refractivity contribution in [1.82, 2.24) is 9.80 Å². The summed E-state index contributed by atoms with van der Waals surface area (Å²) >= 11 is 0. The van der Waals surface area contributed by atoms with Crippen molar-refractivity contribution in [3.05, 3.63) is 107 Å². The Bertz CT molecular complexity index is 1080. The van der Waals surface area contributed by atoms with Gasteiger partial charge in [-0.15, -0.1) is 0 Å². The lowest BCUT2D eigenvalue weighted by molar-refractivity contribution is -0.0271. The molecule has 0 saturated carbocycles. The Kier molecular flexibility index (Phi) is 7.89. The summed E-state index contributed by atoms with van der Waals surface area (Å²) in [5.74, 6) is -0.302.